The zero-order valence-electron chi connectivity index (χ0n) is 28.8. The Balaban J connectivity index is 1.34. The van der Waals surface area contributed by atoms with E-state index in [0.29, 0.717) is 36.6 Å². The fourth-order valence-electron chi connectivity index (χ4n) is 7.21. The van der Waals surface area contributed by atoms with Crippen molar-refractivity contribution in [2.24, 2.45) is 22.7 Å². The van der Waals surface area contributed by atoms with Gasteiger partial charge in [0.15, 0.2) is 11.6 Å². The molecule has 0 radical (unpaired) electrons. The van der Waals surface area contributed by atoms with Gasteiger partial charge in [-0.1, -0.05) is 39.0 Å². The first-order chi connectivity index (χ1) is 23.6. The summed E-state index contributed by atoms with van der Waals surface area (Å²) in [4.78, 5) is 74.3. The number of amides is 2. The van der Waals surface area contributed by atoms with Crippen LogP contribution in [0.25, 0.3) is 10.8 Å². The maximum atomic E-state index is 14.5. The van der Waals surface area contributed by atoms with Gasteiger partial charge in [-0.3, -0.25) is 28.7 Å². The summed E-state index contributed by atoms with van der Waals surface area (Å²) in [5, 5.41) is 0.808. The Morgan fingerprint density at radius 3 is 2.58 bits per heavy atom. The van der Waals surface area contributed by atoms with E-state index in [1.54, 1.807) is 30.5 Å². The van der Waals surface area contributed by atoms with Gasteiger partial charge in [0.2, 0.25) is 27.7 Å². The smallest absolute Gasteiger partial charge is 0.306 e. The molecule has 2 unspecified atom stereocenters. The van der Waals surface area contributed by atoms with Crippen LogP contribution in [0.4, 0.5) is 0 Å². The minimum Gasteiger partial charge on any atom is -0.472 e. The Morgan fingerprint density at radius 2 is 1.90 bits per heavy atom. The predicted molar refractivity (Wildman–Crippen MR) is 183 cm³/mol. The van der Waals surface area contributed by atoms with E-state index in [1.165, 1.54) is 4.90 Å². The molecule has 50 heavy (non-hydrogen) atoms. The van der Waals surface area contributed by atoms with E-state index in [1.807, 2.05) is 26.8 Å². The predicted octanol–water partition coefficient (Wildman–Crippen LogP) is 4.31. The van der Waals surface area contributed by atoms with Gasteiger partial charge in [-0.05, 0) is 61.0 Å². The van der Waals surface area contributed by atoms with Crippen LogP contribution in [-0.2, 0) is 33.9 Å². The largest absolute Gasteiger partial charge is 0.472 e. The molecular formula is C37H45N3O9S. The van der Waals surface area contributed by atoms with Crippen molar-refractivity contribution in [1.82, 2.24) is 14.6 Å². The molecule has 0 spiro atoms. The molecule has 1 saturated heterocycles. The number of hydrogen-bond donors (Lipinski definition) is 1. The van der Waals surface area contributed by atoms with E-state index in [-0.39, 0.29) is 56.9 Å². The summed E-state index contributed by atoms with van der Waals surface area (Å²) in [6, 6.07) is 6.10. The minimum absolute atomic E-state index is 0.00764. The van der Waals surface area contributed by atoms with Crippen LogP contribution in [0.3, 0.4) is 0 Å². The maximum absolute atomic E-state index is 14.5. The summed E-state index contributed by atoms with van der Waals surface area (Å²) >= 11 is 0. The van der Waals surface area contributed by atoms with Crippen molar-refractivity contribution in [2.75, 3.05) is 13.2 Å². The number of aromatic nitrogens is 1. The lowest BCUT2D eigenvalue weighted by Crippen LogP contribution is -2.48. The van der Waals surface area contributed by atoms with Crippen molar-refractivity contribution < 1.29 is 41.9 Å². The van der Waals surface area contributed by atoms with Crippen molar-refractivity contribution in [2.45, 2.75) is 96.0 Å². The lowest BCUT2D eigenvalue weighted by Gasteiger charge is -2.34. The molecule has 4 aliphatic rings. The van der Waals surface area contributed by atoms with Gasteiger partial charge in [-0.25, -0.2) is 13.4 Å². The second kappa shape index (κ2) is 13.5. The summed E-state index contributed by atoms with van der Waals surface area (Å²) in [7, 11) is -3.85. The van der Waals surface area contributed by atoms with Crippen LogP contribution in [0, 0.1) is 22.7 Å². The number of carbonyl (C=O) groups is 5. The number of nitrogens with one attached hydrogen (secondary N) is 1. The standard InChI is InChI=1S/C37H45N3O9S/c1-5-24-19-37(24,35(45)39-50(46,47)26-11-12-26)20-31(42)29-17-25-21-40(29)34(44)28(36(2,3)4)18-32(43)48-15-7-6-8-30(41)23-10-9-22-13-14-38-33(49-25)27(22)16-23/h5,9-10,13-14,16,24-26,28-29H,1,6-8,11-12,15,17-21H2,2-4H3,(H,39,45)/t24-,25-,28?,29?,37-/m1/s1. The topological polar surface area (TPSA) is 166 Å². The quantitative estimate of drug-likeness (QED) is 0.324. The van der Waals surface area contributed by atoms with Crippen molar-refractivity contribution in [1.29, 1.82) is 0 Å². The summed E-state index contributed by atoms with van der Waals surface area (Å²) in [6.45, 7) is 9.45. The van der Waals surface area contributed by atoms with Gasteiger partial charge in [0, 0.05) is 36.4 Å². The number of Topliss-reactive ketones (excluding diaryl/α,β-unsaturated/α-hetero) is 2. The molecule has 2 aliphatic heterocycles. The van der Waals surface area contributed by atoms with Gasteiger partial charge in [-0.15, -0.1) is 6.58 Å². The Morgan fingerprint density at radius 1 is 1.14 bits per heavy atom. The Labute approximate surface area is 292 Å². The van der Waals surface area contributed by atoms with Crippen LogP contribution in [0.5, 0.6) is 5.88 Å². The first-order valence-corrected chi connectivity index (χ1v) is 18.9. The molecule has 268 valence electrons. The van der Waals surface area contributed by atoms with Gasteiger partial charge in [0.1, 0.15) is 6.10 Å². The third-order valence-electron chi connectivity index (χ3n) is 10.6. The first kappa shape index (κ1) is 35.7. The fourth-order valence-corrected chi connectivity index (χ4v) is 8.60. The van der Waals surface area contributed by atoms with Crippen molar-refractivity contribution in [3.63, 3.8) is 0 Å². The van der Waals surface area contributed by atoms with Crippen LogP contribution < -0.4 is 9.46 Å². The fraction of sp³-hybridized carbons (Fsp3) is 0.568. The van der Waals surface area contributed by atoms with E-state index >= 15 is 0 Å². The molecule has 2 aromatic rings. The third kappa shape index (κ3) is 7.33. The van der Waals surface area contributed by atoms with E-state index in [9.17, 15) is 32.4 Å². The van der Waals surface area contributed by atoms with Crippen LogP contribution >= 0.6 is 0 Å². The SMILES string of the molecule is C=C[C@@H]1C[C@]1(CC(=O)C1C[C@@H]2CN1C(=O)C(C(C)(C)C)CC(=O)OCCCCC(=O)c1ccc3ccnc(c3c1)O2)C(=O)NS(=O)(=O)C1CC1. The molecule has 12 nitrogen and oxygen atoms in total. The zero-order chi connectivity index (χ0) is 36.0. The van der Waals surface area contributed by atoms with Crippen LogP contribution in [-0.4, -0.2) is 78.2 Å². The second-order valence-corrected chi connectivity index (χ2v) is 17.2. The van der Waals surface area contributed by atoms with Crippen LogP contribution in [0.15, 0.2) is 43.1 Å². The lowest BCUT2D eigenvalue weighted by atomic mass is 9.77. The molecule has 5 atom stereocenters. The number of nitrogens with zero attached hydrogens (tertiary/aromatic N) is 2. The molecule has 3 fully saturated rings. The molecule has 1 N–H and O–H groups in total. The maximum Gasteiger partial charge on any atom is 0.306 e. The zero-order valence-corrected chi connectivity index (χ0v) is 29.6. The minimum atomic E-state index is -3.85. The molecule has 2 saturated carbocycles. The van der Waals surface area contributed by atoms with Gasteiger partial charge in [-0.2, -0.15) is 0 Å². The molecule has 4 bridgehead atoms. The normalized spacial score (nSPS) is 28.0. The molecule has 2 amide bonds. The number of hydrogen-bond acceptors (Lipinski definition) is 10. The molecule has 13 heteroatoms. The molecule has 2 aliphatic carbocycles. The highest BCUT2D eigenvalue weighted by molar-refractivity contribution is 7.90. The average Bonchev–Trinajstić information content (AvgIpc) is 3.99. The monoisotopic (exact) mass is 707 g/mol. The number of pyridine rings is 1. The van der Waals surface area contributed by atoms with Crippen molar-refractivity contribution in [3.8, 4) is 5.88 Å². The van der Waals surface area contributed by atoms with Crippen molar-refractivity contribution >= 4 is 50.1 Å². The lowest BCUT2D eigenvalue weighted by molar-refractivity contribution is -0.153. The van der Waals surface area contributed by atoms with Crippen LogP contribution in [0.2, 0.25) is 0 Å². The highest BCUT2D eigenvalue weighted by Crippen LogP contribution is 2.57. The number of esters is 1. The highest BCUT2D eigenvalue weighted by atomic mass is 32.2. The summed E-state index contributed by atoms with van der Waals surface area (Å²) in [5.41, 5.74) is -1.49. The highest BCUT2D eigenvalue weighted by Gasteiger charge is 2.61. The number of allylic oxidation sites excluding steroid dienone is 1. The number of benzene rings is 1. The van der Waals surface area contributed by atoms with Gasteiger partial charge in [0.25, 0.3) is 0 Å². The number of rotatable bonds is 7. The summed E-state index contributed by atoms with van der Waals surface area (Å²) in [6.07, 6.45) is 4.51. The molecular weight excluding hydrogens is 662 g/mol. The van der Waals surface area contributed by atoms with E-state index < -0.39 is 73.7 Å². The van der Waals surface area contributed by atoms with E-state index in [2.05, 4.69) is 16.3 Å². The Hall–Kier alpha value is -4.13. The van der Waals surface area contributed by atoms with E-state index in [4.69, 9.17) is 9.47 Å². The molecule has 1 aromatic heterocycles. The number of ketones is 2. The average molecular weight is 708 g/mol. The Kier molecular flexibility index (Phi) is 9.66. The van der Waals surface area contributed by atoms with Gasteiger partial charge < -0.3 is 14.4 Å². The van der Waals surface area contributed by atoms with Gasteiger partial charge >= 0.3 is 5.97 Å². The number of carbonyl (C=O) groups excluding carboxylic acids is 5. The number of sulfonamides is 1. The number of ether oxygens (including phenoxy) is 2. The first-order valence-electron chi connectivity index (χ1n) is 17.4. The summed E-state index contributed by atoms with van der Waals surface area (Å²) < 4.78 is 39.5. The van der Waals surface area contributed by atoms with Crippen LogP contribution in [0.1, 0.15) is 88.9 Å². The Bertz CT molecular complexity index is 1850. The second-order valence-electron chi connectivity index (χ2n) is 15.3. The number of cyclic esters (lactones) is 1. The van der Waals surface area contributed by atoms with E-state index in [0.717, 1.165) is 5.39 Å². The van der Waals surface area contributed by atoms with Crippen molar-refractivity contribution in [3.05, 3.63) is 48.7 Å². The molecule has 3 heterocycles. The molecule has 6 rings (SSSR count). The van der Waals surface area contributed by atoms with Gasteiger partial charge in [0.05, 0.1) is 42.2 Å². The third-order valence-corrected chi connectivity index (χ3v) is 12.4. The summed E-state index contributed by atoms with van der Waals surface area (Å²) in [5.74, 6) is -3.16. The number of fused-ring (bicyclic) bond motifs is 3. The molecule has 1 aromatic carbocycles.